The summed E-state index contributed by atoms with van der Waals surface area (Å²) in [5.41, 5.74) is 5.14. The molecule has 1 heterocycles. The standard InChI is InChI=1S/C37H33N3O5S/c1-25-18-20-29(21-19-25)38-37(42)39-33-24-28(23-32-30(16-10-22-45-35(32)33)26-11-4-2-5-12-26)31-15-8-9-17-34(31)46(43,44)40-36(41)27-13-6-3-7-14-27/h2-9,11-15,17-21,23-24,30H,10,16,22H2,1H3,(H,40,41)(H2,38,39,42). The van der Waals surface area contributed by atoms with Crippen LogP contribution in [0, 0.1) is 6.92 Å². The van der Waals surface area contributed by atoms with Crippen LogP contribution in [0.4, 0.5) is 16.2 Å². The lowest BCUT2D eigenvalue weighted by Crippen LogP contribution is -2.30. The van der Waals surface area contributed by atoms with Gasteiger partial charge in [0.05, 0.1) is 17.2 Å². The van der Waals surface area contributed by atoms with Crippen molar-refractivity contribution in [3.05, 3.63) is 144 Å². The molecule has 0 fully saturated rings. The van der Waals surface area contributed by atoms with E-state index in [1.165, 1.54) is 6.07 Å². The lowest BCUT2D eigenvalue weighted by Gasteiger charge is -2.22. The number of ether oxygens (including phenoxy) is 1. The third kappa shape index (κ3) is 6.79. The van der Waals surface area contributed by atoms with Crippen LogP contribution in [-0.4, -0.2) is 27.0 Å². The summed E-state index contributed by atoms with van der Waals surface area (Å²) in [7, 11) is -4.29. The maximum Gasteiger partial charge on any atom is 0.323 e. The molecule has 8 nitrogen and oxygen atoms in total. The molecular weight excluding hydrogens is 598 g/mol. The first kappa shape index (κ1) is 30.6. The molecule has 0 aliphatic carbocycles. The van der Waals surface area contributed by atoms with Gasteiger partial charge in [0.1, 0.15) is 5.75 Å². The molecule has 1 aliphatic heterocycles. The largest absolute Gasteiger partial charge is 0.491 e. The van der Waals surface area contributed by atoms with Crippen molar-refractivity contribution < 1.29 is 22.7 Å². The predicted octanol–water partition coefficient (Wildman–Crippen LogP) is 7.73. The number of rotatable bonds is 7. The monoisotopic (exact) mass is 631 g/mol. The second-order valence-corrected chi connectivity index (χ2v) is 12.8. The summed E-state index contributed by atoms with van der Waals surface area (Å²) in [4.78, 5) is 26.1. The summed E-state index contributed by atoms with van der Waals surface area (Å²) in [5, 5.41) is 5.83. The summed E-state index contributed by atoms with van der Waals surface area (Å²) >= 11 is 0. The topological polar surface area (TPSA) is 114 Å². The van der Waals surface area contributed by atoms with Gasteiger partial charge in [0, 0.05) is 28.3 Å². The summed E-state index contributed by atoms with van der Waals surface area (Å²) in [6, 6.07) is 35.3. The first-order chi connectivity index (χ1) is 22.3. The Morgan fingerprint density at radius 1 is 0.783 bits per heavy atom. The Morgan fingerprint density at radius 2 is 1.46 bits per heavy atom. The van der Waals surface area contributed by atoms with Crippen LogP contribution in [0.1, 0.15) is 45.8 Å². The molecule has 1 aliphatic rings. The summed E-state index contributed by atoms with van der Waals surface area (Å²) in [6.45, 7) is 2.43. The fourth-order valence-electron chi connectivity index (χ4n) is 5.65. The highest BCUT2D eigenvalue weighted by Gasteiger charge is 2.28. The zero-order valence-electron chi connectivity index (χ0n) is 25.2. The third-order valence-electron chi connectivity index (χ3n) is 7.89. The molecule has 9 heteroatoms. The van der Waals surface area contributed by atoms with E-state index in [1.54, 1.807) is 54.6 Å². The SMILES string of the molecule is Cc1ccc(NC(=O)Nc2cc(-c3ccccc3S(=O)(=O)NC(=O)c3ccccc3)cc3c2OCCCC3c2ccccc2)cc1. The number of fused-ring (bicyclic) bond motifs is 1. The van der Waals surface area contributed by atoms with Gasteiger partial charge in [-0.25, -0.2) is 17.9 Å². The second kappa shape index (κ2) is 13.3. The molecular formula is C37H33N3O5S. The van der Waals surface area contributed by atoms with Crippen LogP contribution in [0.2, 0.25) is 0 Å². The average Bonchev–Trinajstić information content (AvgIpc) is 3.29. The zero-order chi connectivity index (χ0) is 32.1. The fraction of sp³-hybridized carbons (Fsp3) is 0.135. The van der Waals surface area contributed by atoms with E-state index in [1.807, 2.05) is 55.5 Å². The number of urea groups is 1. The summed E-state index contributed by atoms with van der Waals surface area (Å²) in [5.74, 6) is -0.266. The van der Waals surface area contributed by atoms with Crippen molar-refractivity contribution in [1.82, 2.24) is 4.72 Å². The second-order valence-electron chi connectivity index (χ2n) is 11.1. The van der Waals surface area contributed by atoms with Gasteiger partial charge in [-0.15, -0.1) is 0 Å². The Balaban J connectivity index is 1.44. The van der Waals surface area contributed by atoms with E-state index in [9.17, 15) is 18.0 Å². The number of carbonyl (C=O) groups is 2. The molecule has 0 spiro atoms. The van der Waals surface area contributed by atoms with Gasteiger partial charge in [-0.2, -0.15) is 0 Å². The van der Waals surface area contributed by atoms with Crippen molar-refractivity contribution in [2.75, 3.05) is 17.2 Å². The van der Waals surface area contributed by atoms with Crippen LogP contribution in [0.15, 0.2) is 126 Å². The molecule has 1 atom stereocenters. The molecule has 232 valence electrons. The molecule has 5 aromatic rings. The smallest absolute Gasteiger partial charge is 0.323 e. The van der Waals surface area contributed by atoms with Gasteiger partial charge < -0.3 is 15.4 Å². The Morgan fingerprint density at radius 3 is 2.20 bits per heavy atom. The van der Waals surface area contributed by atoms with E-state index < -0.39 is 22.0 Å². The number of carbonyl (C=O) groups excluding carboxylic acids is 2. The number of hydrogen-bond donors (Lipinski definition) is 3. The quantitative estimate of drug-likeness (QED) is 0.170. The molecule has 5 aromatic carbocycles. The number of hydrogen-bond acceptors (Lipinski definition) is 5. The number of benzene rings is 5. The Kier molecular flexibility index (Phi) is 8.85. The summed E-state index contributed by atoms with van der Waals surface area (Å²) in [6.07, 6.45) is 1.58. The van der Waals surface area contributed by atoms with Crippen LogP contribution in [0.5, 0.6) is 5.75 Å². The number of anilines is 2. The van der Waals surface area contributed by atoms with E-state index in [4.69, 9.17) is 4.74 Å². The number of aryl methyl sites for hydroxylation is 1. The average molecular weight is 632 g/mol. The highest BCUT2D eigenvalue weighted by Crippen LogP contribution is 2.45. The highest BCUT2D eigenvalue weighted by atomic mass is 32.2. The minimum absolute atomic E-state index is 0.0686. The molecule has 0 radical (unpaired) electrons. The van der Waals surface area contributed by atoms with Crippen molar-refractivity contribution >= 4 is 33.3 Å². The Hall–Kier alpha value is -5.41. The minimum Gasteiger partial charge on any atom is -0.491 e. The van der Waals surface area contributed by atoms with E-state index >= 15 is 0 Å². The van der Waals surface area contributed by atoms with Crippen molar-refractivity contribution in [1.29, 1.82) is 0 Å². The van der Waals surface area contributed by atoms with Gasteiger partial charge in [-0.05, 0) is 73.4 Å². The van der Waals surface area contributed by atoms with Crippen LogP contribution in [-0.2, 0) is 10.0 Å². The van der Waals surface area contributed by atoms with Crippen LogP contribution < -0.4 is 20.1 Å². The zero-order valence-corrected chi connectivity index (χ0v) is 26.0. The normalized spacial score (nSPS) is 14.2. The van der Waals surface area contributed by atoms with Crippen molar-refractivity contribution in [3.8, 4) is 16.9 Å². The van der Waals surface area contributed by atoms with Gasteiger partial charge in [0.15, 0.2) is 0 Å². The number of nitrogens with one attached hydrogen (secondary N) is 3. The first-order valence-electron chi connectivity index (χ1n) is 15.0. The Labute approximate surface area is 268 Å². The lowest BCUT2D eigenvalue weighted by molar-refractivity contribution is 0.0981. The van der Waals surface area contributed by atoms with E-state index in [-0.39, 0.29) is 16.4 Å². The number of sulfonamides is 1. The molecule has 0 aromatic heterocycles. The van der Waals surface area contributed by atoms with E-state index in [0.29, 0.717) is 34.9 Å². The van der Waals surface area contributed by atoms with E-state index in [0.717, 1.165) is 29.5 Å². The van der Waals surface area contributed by atoms with Gasteiger partial charge in [-0.1, -0.05) is 84.4 Å². The molecule has 0 bridgehead atoms. The van der Waals surface area contributed by atoms with Crippen LogP contribution >= 0.6 is 0 Å². The van der Waals surface area contributed by atoms with Gasteiger partial charge in [0.25, 0.3) is 15.9 Å². The molecule has 46 heavy (non-hydrogen) atoms. The molecule has 1 unspecified atom stereocenters. The fourth-order valence-corrected chi connectivity index (χ4v) is 6.86. The Bertz CT molecular complexity index is 1980. The predicted molar refractivity (Wildman–Crippen MR) is 180 cm³/mol. The lowest BCUT2D eigenvalue weighted by atomic mass is 9.85. The maximum atomic E-state index is 13.7. The third-order valence-corrected chi connectivity index (χ3v) is 9.28. The van der Waals surface area contributed by atoms with Crippen LogP contribution in [0.25, 0.3) is 11.1 Å². The molecule has 0 saturated heterocycles. The van der Waals surface area contributed by atoms with Gasteiger partial charge >= 0.3 is 6.03 Å². The van der Waals surface area contributed by atoms with Crippen molar-refractivity contribution in [2.24, 2.45) is 0 Å². The highest BCUT2D eigenvalue weighted by molar-refractivity contribution is 7.90. The van der Waals surface area contributed by atoms with Crippen molar-refractivity contribution in [3.63, 3.8) is 0 Å². The van der Waals surface area contributed by atoms with Gasteiger partial charge in [-0.3, -0.25) is 4.79 Å². The van der Waals surface area contributed by atoms with Crippen molar-refractivity contribution in [2.45, 2.75) is 30.6 Å². The minimum atomic E-state index is -4.29. The molecule has 3 N–H and O–H groups in total. The molecule has 6 rings (SSSR count). The maximum absolute atomic E-state index is 13.7. The summed E-state index contributed by atoms with van der Waals surface area (Å²) < 4.78 is 35.9. The van der Waals surface area contributed by atoms with Crippen LogP contribution in [0.3, 0.4) is 0 Å². The molecule has 3 amide bonds. The molecule has 0 saturated carbocycles. The number of amides is 3. The van der Waals surface area contributed by atoms with Gasteiger partial charge in [0.2, 0.25) is 0 Å². The first-order valence-corrected chi connectivity index (χ1v) is 16.5. The van der Waals surface area contributed by atoms with E-state index in [2.05, 4.69) is 27.5 Å².